The summed E-state index contributed by atoms with van der Waals surface area (Å²) >= 11 is 0. The molecule has 0 heterocycles. The molecule has 0 aromatic heterocycles. The van der Waals surface area contributed by atoms with Crippen LogP contribution in [0.3, 0.4) is 0 Å². The van der Waals surface area contributed by atoms with Gasteiger partial charge < -0.3 is 10.1 Å². The monoisotopic (exact) mass is 205 g/mol. The van der Waals surface area contributed by atoms with Crippen molar-refractivity contribution < 1.29 is 4.74 Å². The van der Waals surface area contributed by atoms with Crippen molar-refractivity contribution in [1.29, 1.82) is 0 Å². The van der Waals surface area contributed by atoms with Crippen LogP contribution in [0.25, 0.3) is 0 Å². The summed E-state index contributed by atoms with van der Waals surface area (Å²) in [5, 5.41) is 3.36. The third-order valence-corrected chi connectivity index (χ3v) is 2.16. The maximum absolute atomic E-state index is 5.09. The smallest absolute Gasteiger partial charge is 0.0713 e. The summed E-state index contributed by atoms with van der Waals surface area (Å²) in [6.07, 6.45) is 2.94. The maximum atomic E-state index is 5.09. The SMILES string of the molecule is C=CCCNCc1cccc(COC)c1. The van der Waals surface area contributed by atoms with E-state index in [1.807, 2.05) is 6.08 Å². The van der Waals surface area contributed by atoms with Gasteiger partial charge in [0, 0.05) is 13.7 Å². The largest absolute Gasteiger partial charge is 0.380 e. The number of ether oxygens (including phenoxy) is 1. The molecule has 0 amide bonds. The summed E-state index contributed by atoms with van der Waals surface area (Å²) in [5.74, 6) is 0. The minimum absolute atomic E-state index is 0.681. The number of rotatable bonds is 7. The van der Waals surface area contributed by atoms with Crippen LogP contribution in [0.1, 0.15) is 17.5 Å². The lowest BCUT2D eigenvalue weighted by Gasteiger charge is -2.05. The highest BCUT2D eigenvalue weighted by Crippen LogP contribution is 2.06. The van der Waals surface area contributed by atoms with E-state index in [9.17, 15) is 0 Å². The van der Waals surface area contributed by atoms with Gasteiger partial charge in [0.25, 0.3) is 0 Å². The molecule has 1 aromatic rings. The molecule has 1 aromatic carbocycles. The summed E-state index contributed by atoms with van der Waals surface area (Å²) in [6, 6.07) is 8.44. The molecular weight excluding hydrogens is 186 g/mol. The third-order valence-electron chi connectivity index (χ3n) is 2.16. The highest BCUT2D eigenvalue weighted by atomic mass is 16.5. The number of nitrogens with one attached hydrogen (secondary N) is 1. The van der Waals surface area contributed by atoms with Gasteiger partial charge in [-0.2, -0.15) is 0 Å². The second kappa shape index (κ2) is 7.21. The molecule has 0 fully saturated rings. The van der Waals surface area contributed by atoms with Gasteiger partial charge in [0.05, 0.1) is 6.61 Å². The summed E-state index contributed by atoms with van der Waals surface area (Å²) < 4.78 is 5.09. The Kier molecular flexibility index (Phi) is 5.74. The Balaban J connectivity index is 2.39. The number of benzene rings is 1. The third kappa shape index (κ3) is 4.77. The van der Waals surface area contributed by atoms with Crippen molar-refractivity contribution in [2.24, 2.45) is 0 Å². The Bertz CT molecular complexity index is 296. The summed E-state index contributed by atoms with van der Waals surface area (Å²) in [6.45, 7) is 6.26. The van der Waals surface area contributed by atoms with E-state index in [4.69, 9.17) is 4.74 Å². The molecule has 0 radical (unpaired) electrons. The molecule has 0 atom stereocenters. The first-order valence-electron chi connectivity index (χ1n) is 5.25. The van der Waals surface area contributed by atoms with Crippen molar-refractivity contribution in [2.75, 3.05) is 13.7 Å². The van der Waals surface area contributed by atoms with E-state index in [-0.39, 0.29) is 0 Å². The predicted octanol–water partition coefficient (Wildman–Crippen LogP) is 2.50. The normalized spacial score (nSPS) is 10.2. The van der Waals surface area contributed by atoms with E-state index < -0.39 is 0 Å². The van der Waals surface area contributed by atoms with E-state index in [0.29, 0.717) is 6.61 Å². The van der Waals surface area contributed by atoms with Gasteiger partial charge in [-0.3, -0.25) is 0 Å². The zero-order valence-electron chi connectivity index (χ0n) is 9.33. The van der Waals surface area contributed by atoms with Crippen LogP contribution in [-0.4, -0.2) is 13.7 Å². The second-order valence-corrected chi connectivity index (χ2v) is 3.51. The van der Waals surface area contributed by atoms with Gasteiger partial charge in [-0.15, -0.1) is 6.58 Å². The first-order chi connectivity index (χ1) is 7.36. The molecule has 2 heteroatoms. The lowest BCUT2D eigenvalue weighted by atomic mass is 10.1. The minimum atomic E-state index is 0.681. The van der Waals surface area contributed by atoms with E-state index in [1.165, 1.54) is 11.1 Å². The lowest BCUT2D eigenvalue weighted by molar-refractivity contribution is 0.185. The molecule has 0 aliphatic carbocycles. The minimum Gasteiger partial charge on any atom is -0.380 e. The molecular formula is C13H19NO. The van der Waals surface area contributed by atoms with Crippen LogP contribution < -0.4 is 5.32 Å². The Morgan fingerprint density at radius 2 is 2.20 bits per heavy atom. The van der Waals surface area contributed by atoms with E-state index in [0.717, 1.165) is 19.5 Å². The van der Waals surface area contributed by atoms with Crippen LogP contribution in [0.2, 0.25) is 0 Å². The van der Waals surface area contributed by atoms with Gasteiger partial charge in [-0.05, 0) is 24.1 Å². The lowest BCUT2D eigenvalue weighted by Crippen LogP contribution is -2.14. The second-order valence-electron chi connectivity index (χ2n) is 3.51. The van der Waals surface area contributed by atoms with Crippen LogP contribution in [0.5, 0.6) is 0 Å². The van der Waals surface area contributed by atoms with E-state index >= 15 is 0 Å². The summed E-state index contributed by atoms with van der Waals surface area (Å²) in [5.41, 5.74) is 2.52. The van der Waals surface area contributed by atoms with Gasteiger partial charge >= 0.3 is 0 Å². The van der Waals surface area contributed by atoms with Crippen molar-refractivity contribution >= 4 is 0 Å². The quantitative estimate of drug-likeness (QED) is 0.545. The van der Waals surface area contributed by atoms with Crippen molar-refractivity contribution in [1.82, 2.24) is 5.32 Å². The number of hydrogen-bond donors (Lipinski definition) is 1. The van der Waals surface area contributed by atoms with Crippen LogP contribution in [0, 0.1) is 0 Å². The molecule has 0 saturated carbocycles. The molecule has 1 rings (SSSR count). The van der Waals surface area contributed by atoms with Crippen molar-refractivity contribution in [3.63, 3.8) is 0 Å². The first-order valence-corrected chi connectivity index (χ1v) is 5.25. The average molecular weight is 205 g/mol. The van der Waals surface area contributed by atoms with Crippen molar-refractivity contribution in [3.8, 4) is 0 Å². The Morgan fingerprint density at radius 1 is 1.40 bits per heavy atom. The Morgan fingerprint density at radius 3 is 2.93 bits per heavy atom. The molecule has 0 spiro atoms. The zero-order chi connectivity index (χ0) is 10.9. The highest BCUT2D eigenvalue weighted by molar-refractivity contribution is 5.22. The van der Waals surface area contributed by atoms with Gasteiger partial charge in [0.2, 0.25) is 0 Å². The molecule has 82 valence electrons. The molecule has 0 unspecified atom stereocenters. The fourth-order valence-electron chi connectivity index (χ4n) is 1.43. The standard InChI is InChI=1S/C13H19NO/c1-3-4-8-14-10-12-6-5-7-13(9-12)11-15-2/h3,5-7,9,14H,1,4,8,10-11H2,2H3. The molecule has 0 aliphatic heterocycles. The molecule has 15 heavy (non-hydrogen) atoms. The average Bonchev–Trinajstić information content (AvgIpc) is 2.26. The molecule has 0 saturated heterocycles. The van der Waals surface area contributed by atoms with E-state index in [1.54, 1.807) is 7.11 Å². The van der Waals surface area contributed by atoms with Gasteiger partial charge in [-0.1, -0.05) is 30.3 Å². The van der Waals surface area contributed by atoms with Gasteiger partial charge in [-0.25, -0.2) is 0 Å². The maximum Gasteiger partial charge on any atom is 0.0713 e. The first kappa shape index (κ1) is 12.0. The van der Waals surface area contributed by atoms with Crippen LogP contribution in [0.4, 0.5) is 0 Å². The van der Waals surface area contributed by atoms with Crippen molar-refractivity contribution in [2.45, 2.75) is 19.6 Å². The van der Waals surface area contributed by atoms with Gasteiger partial charge in [0.15, 0.2) is 0 Å². The zero-order valence-corrected chi connectivity index (χ0v) is 9.33. The summed E-state index contributed by atoms with van der Waals surface area (Å²) in [7, 11) is 1.72. The fraction of sp³-hybridized carbons (Fsp3) is 0.385. The fourth-order valence-corrected chi connectivity index (χ4v) is 1.43. The molecule has 0 bridgehead atoms. The van der Waals surface area contributed by atoms with E-state index in [2.05, 4.69) is 36.2 Å². The Labute approximate surface area is 92.0 Å². The Hall–Kier alpha value is -1.12. The molecule has 1 N–H and O–H groups in total. The molecule has 2 nitrogen and oxygen atoms in total. The van der Waals surface area contributed by atoms with Gasteiger partial charge in [0.1, 0.15) is 0 Å². The molecule has 0 aliphatic rings. The van der Waals surface area contributed by atoms with Crippen LogP contribution >= 0.6 is 0 Å². The predicted molar refractivity (Wildman–Crippen MR) is 63.7 cm³/mol. The highest BCUT2D eigenvalue weighted by Gasteiger charge is 1.95. The summed E-state index contributed by atoms with van der Waals surface area (Å²) in [4.78, 5) is 0. The van der Waals surface area contributed by atoms with Crippen LogP contribution in [-0.2, 0) is 17.9 Å². The topological polar surface area (TPSA) is 21.3 Å². The van der Waals surface area contributed by atoms with Crippen LogP contribution in [0.15, 0.2) is 36.9 Å². The van der Waals surface area contributed by atoms with Crippen molar-refractivity contribution in [3.05, 3.63) is 48.0 Å². The number of methoxy groups -OCH3 is 1. The number of hydrogen-bond acceptors (Lipinski definition) is 2.